The van der Waals surface area contributed by atoms with E-state index in [0.29, 0.717) is 5.92 Å². The molecule has 17 heavy (non-hydrogen) atoms. The first-order valence-corrected chi connectivity index (χ1v) is 9.69. The summed E-state index contributed by atoms with van der Waals surface area (Å²) in [6, 6.07) is 0. The van der Waals surface area contributed by atoms with Gasteiger partial charge in [-0.2, -0.15) is 0 Å². The normalized spacial score (nSPS) is 22.1. The van der Waals surface area contributed by atoms with Gasteiger partial charge in [-0.05, 0) is 58.1 Å². The molecule has 1 atom stereocenters. The number of allylic oxidation sites excluding steroid dienone is 3. The highest BCUT2D eigenvalue weighted by Gasteiger charge is 2.29. The van der Waals surface area contributed by atoms with Crippen molar-refractivity contribution in [3.8, 4) is 0 Å². The fourth-order valence-corrected chi connectivity index (χ4v) is 4.71. The van der Waals surface area contributed by atoms with E-state index in [2.05, 4.69) is 59.6 Å². The quantitative estimate of drug-likeness (QED) is 0.744. The zero-order valence-corrected chi connectivity index (χ0v) is 14.0. The van der Waals surface area contributed by atoms with Crippen LogP contribution in [0.25, 0.3) is 0 Å². The first-order valence-electron chi connectivity index (χ1n) is 6.81. The van der Waals surface area contributed by atoms with Crippen molar-refractivity contribution in [2.45, 2.75) is 66.6 Å². The van der Waals surface area contributed by atoms with Crippen LogP contribution in [-0.4, -0.2) is 14.5 Å². The SMILES string of the molecule is CC1=C(C)C(C)C(CC(C)(C)N[SiH](C)C)=C1C. The molecule has 0 aromatic heterocycles. The molecule has 1 nitrogen and oxygen atoms in total. The maximum Gasteiger partial charge on any atom is 0.103 e. The van der Waals surface area contributed by atoms with Gasteiger partial charge >= 0.3 is 0 Å². The summed E-state index contributed by atoms with van der Waals surface area (Å²) in [5, 5.41) is 0. The fourth-order valence-electron chi connectivity index (χ4n) is 3.04. The Morgan fingerprint density at radius 3 is 2.00 bits per heavy atom. The summed E-state index contributed by atoms with van der Waals surface area (Å²) in [7, 11) is -0.714. The van der Waals surface area contributed by atoms with Crippen LogP contribution < -0.4 is 4.98 Å². The minimum Gasteiger partial charge on any atom is -0.335 e. The first-order chi connectivity index (χ1) is 7.65. The summed E-state index contributed by atoms with van der Waals surface area (Å²) in [5.74, 6) is 0.643. The molecule has 1 rings (SSSR count). The minimum absolute atomic E-state index is 0.246. The second-order valence-corrected chi connectivity index (χ2v) is 9.14. The van der Waals surface area contributed by atoms with Crippen molar-refractivity contribution in [2.24, 2.45) is 5.92 Å². The molecule has 0 amide bonds. The van der Waals surface area contributed by atoms with Gasteiger partial charge in [-0.1, -0.05) is 31.2 Å². The molecule has 1 aliphatic rings. The average molecular weight is 251 g/mol. The molecular weight excluding hydrogens is 222 g/mol. The van der Waals surface area contributed by atoms with Crippen molar-refractivity contribution >= 4 is 8.96 Å². The third-order valence-corrected chi connectivity index (χ3v) is 5.48. The number of hydrogen-bond acceptors (Lipinski definition) is 1. The molecule has 0 saturated carbocycles. The summed E-state index contributed by atoms with van der Waals surface area (Å²) >= 11 is 0. The van der Waals surface area contributed by atoms with Crippen LogP contribution in [0.4, 0.5) is 0 Å². The zero-order valence-electron chi connectivity index (χ0n) is 12.9. The van der Waals surface area contributed by atoms with Gasteiger partial charge in [0.05, 0.1) is 0 Å². The Balaban J connectivity index is 2.84. The summed E-state index contributed by atoms with van der Waals surface area (Å²) in [6.07, 6.45) is 1.18. The number of nitrogens with one attached hydrogen (secondary N) is 1. The third kappa shape index (κ3) is 3.32. The second-order valence-electron chi connectivity index (χ2n) is 6.54. The molecule has 0 radical (unpaired) electrons. The van der Waals surface area contributed by atoms with E-state index in [9.17, 15) is 0 Å². The highest BCUT2D eigenvalue weighted by atomic mass is 28.3. The van der Waals surface area contributed by atoms with Crippen molar-refractivity contribution in [2.75, 3.05) is 0 Å². The van der Waals surface area contributed by atoms with Gasteiger partial charge < -0.3 is 4.98 Å². The molecule has 98 valence electrons. The van der Waals surface area contributed by atoms with E-state index in [0.717, 1.165) is 0 Å². The maximum absolute atomic E-state index is 3.80. The maximum atomic E-state index is 3.80. The standard InChI is InChI=1S/C15H29NSi/c1-10-11(2)13(4)14(12(10)3)9-15(5,6)16-17(7)8/h12,16-17H,9H2,1-8H3. The van der Waals surface area contributed by atoms with Gasteiger partial charge in [0, 0.05) is 5.54 Å². The van der Waals surface area contributed by atoms with Crippen LogP contribution in [0.2, 0.25) is 13.1 Å². The van der Waals surface area contributed by atoms with Crippen molar-refractivity contribution in [3.63, 3.8) is 0 Å². The lowest BCUT2D eigenvalue weighted by molar-refractivity contribution is 0.448. The predicted molar refractivity (Wildman–Crippen MR) is 80.9 cm³/mol. The molecule has 0 spiro atoms. The Hall–Kier alpha value is -0.343. The van der Waals surface area contributed by atoms with Crippen LogP contribution in [0.5, 0.6) is 0 Å². The second kappa shape index (κ2) is 5.11. The fraction of sp³-hybridized carbons (Fsp3) is 0.733. The molecule has 0 aliphatic heterocycles. The van der Waals surface area contributed by atoms with Crippen molar-refractivity contribution in [1.29, 1.82) is 0 Å². The van der Waals surface area contributed by atoms with Crippen LogP contribution in [0.15, 0.2) is 22.3 Å². The summed E-state index contributed by atoms with van der Waals surface area (Å²) in [5.41, 5.74) is 6.51. The molecule has 0 heterocycles. The van der Waals surface area contributed by atoms with Crippen LogP contribution in [0.3, 0.4) is 0 Å². The molecule has 0 fully saturated rings. The molecule has 0 saturated heterocycles. The van der Waals surface area contributed by atoms with E-state index in [4.69, 9.17) is 0 Å². The largest absolute Gasteiger partial charge is 0.335 e. The molecule has 1 aliphatic carbocycles. The van der Waals surface area contributed by atoms with Crippen molar-refractivity contribution < 1.29 is 0 Å². The molecule has 0 aromatic carbocycles. The van der Waals surface area contributed by atoms with Crippen molar-refractivity contribution in [1.82, 2.24) is 4.98 Å². The molecule has 1 unspecified atom stereocenters. The molecule has 1 N–H and O–H groups in total. The van der Waals surface area contributed by atoms with E-state index >= 15 is 0 Å². The van der Waals surface area contributed by atoms with Gasteiger partial charge in [-0.25, -0.2) is 0 Å². The van der Waals surface area contributed by atoms with Gasteiger partial charge in [0.15, 0.2) is 0 Å². The Bertz CT molecular complexity index is 361. The van der Waals surface area contributed by atoms with Gasteiger partial charge in [0.1, 0.15) is 8.96 Å². The molecule has 0 bridgehead atoms. The number of hydrogen-bond donors (Lipinski definition) is 1. The van der Waals surface area contributed by atoms with E-state index in [1.807, 2.05) is 0 Å². The van der Waals surface area contributed by atoms with Gasteiger partial charge in [-0.15, -0.1) is 0 Å². The Kier molecular flexibility index (Phi) is 4.42. The topological polar surface area (TPSA) is 12.0 Å². The smallest absolute Gasteiger partial charge is 0.103 e. The average Bonchev–Trinajstić information content (AvgIpc) is 2.33. The van der Waals surface area contributed by atoms with Gasteiger partial charge in [0.2, 0.25) is 0 Å². The predicted octanol–water partition coefficient (Wildman–Crippen LogP) is 4.03. The Morgan fingerprint density at radius 2 is 1.65 bits per heavy atom. The van der Waals surface area contributed by atoms with E-state index < -0.39 is 8.96 Å². The molecule has 2 heteroatoms. The van der Waals surface area contributed by atoms with E-state index in [1.54, 1.807) is 11.1 Å². The van der Waals surface area contributed by atoms with Crippen LogP contribution >= 0.6 is 0 Å². The lowest BCUT2D eigenvalue weighted by Gasteiger charge is -2.31. The highest BCUT2D eigenvalue weighted by molar-refractivity contribution is 6.53. The number of rotatable bonds is 4. The third-order valence-electron chi connectivity index (χ3n) is 4.12. The lowest BCUT2D eigenvalue weighted by Crippen LogP contribution is -2.46. The van der Waals surface area contributed by atoms with E-state index in [-0.39, 0.29) is 5.54 Å². The lowest BCUT2D eigenvalue weighted by atomic mass is 9.87. The van der Waals surface area contributed by atoms with Gasteiger partial charge in [-0.3, -0.25) is 0 Å². The first kappa shape index (κ1) is 14.7. The van der Waals surface area contributed by atoms with Crippen LogP contribution in [0, 0.1) is 5.92 Å². The van der Waals surface area contributed by atoms with Crippen LogP contribution in [0.1, 0.15) is 48.0 Å². The summed E-state index contributed by atoms with van der Waals surface area (Å²) in [6.45, 7) is 18.6. The summed E-state index contributed by atoms with van der Waals surface area (Å²) < 4.78 is 0. The highest BCUT2D eigenvalue weighted by Crippen LogP contribution is 2.40. The monoisotopic (exact) mass is 251 g/mol. The van der Waals surface area contributed by atoms with E-state index in [1.165, 1.54) is 17.6 Å². The van der Waals surface area contributed by atoms with Crippen LogP contribution in [-0.2, 0) is 0 Å². The van der Waals surface area contributed by atoms with Gasteiger partial charge in [0.25, 0.3) is 0 Å². The minimum atomic E-state index is -0.714. The molecular formula is C15H29NSi. The Morgan fingerprint density at radius 1 is 1.12 bits per heavy atom. The Labute approximate surface area is 109 Å². The zero-order chi connectivity index (χ0) is 13.4. The summed E-state index contributed by atoms with van der Waals surface area (Å²) in [4.78, 5) is 3.80. The molecule has 0 aromatic rings. The van der Waals surface area contributed by atoms with Crippen molar-refractivity contribution in [3.05, 3.63) is 22.3 Å².